The fraction of sp³-hybridized carbons (Fsp3) is 0.263. The normalized spacial score (nSPS) is 16.7. The van der Waals surface area contributed by atoms with Gasteiger partial charge in [-0.05, 0) is 53.2 Å². The molecule has 1 saturated heterocycles. The summed E-state index contributed by atoms with van der Waals surface area (Å²) in [7, 11) is 0. The van der Waals surface area contributed by atoms with Gasteiger partial charge in [-0.15, -0.1) is 0 Å². The van der Waals surface area contributed by atoms with Crippen molar-refractivity contribution < 1.29 is 14.3 Å². The van der Waals surface area contributed by atoms with Crippen LogP contribution in [-0.2, 0) is 9.59 Å². The van der Waals surface area contributed by atoms with Gasteiger partial charge in [-0.1, -0.05) is 23.7 Å². The molecule has 0 saturated carbocycles. The zero-order chi connectivity index (χ0) is 18.7. The van der Waals surface area contributed by atoms with Crippen molar-refractivity contribution in [1.29, 1.82) is 0 Å². The average molecular weight is 438 g/mol. The van der Waals surface area contributed by atoms with Gasteiger partial charge in [0.25, 0.3) is 0 Å². The highest BCUT2D eigenvalue weighted by Gasteiger charge is 2.36. The molecule has 26 heavy (non-hydrogen) atoms. The van der Waals surface area contributed by atoms with E-state index in [1.54, 1.807) is 23.1 Å². The Morgan fingerprint density at radius 1 is 1.35 bits per heavy atom. The van der Waals surface area contributed by atoms with E-state index in [1.165, 1.54) is 0 Å². The van der Waals surface area contributed by atoms with Gasteiger partial charge in [0.05, 0.1) is 23.2 Å². The van der Waals surface area contributed by atoms with E-state index in [-0.39, 0.29) is 18.2 Å². The summed E-state index contributed by atoms with van der Waals surface area (Å²) in [4.78, 5) is 26.6. The van der Waals surface area contributed by atoms with Crippen LogP contribution in [0.1, 0.15) is 13.3 Å². The summed E-state index contributed by atoms with van der Waals surface area (Å²) >= 11 is 9.37. The highest BCUT2D eigenvalue weighted by Crippen LogP contribution is 2.33. The Hall–Kier alpha value is -2.05. The molecule has 7 heteroatoms. The highest BCUT2D eigenvalue weighted by molar-refractivity contribution is 9.10. The van der Waals surface area contributed by atoms with Crippen LogP contribution in [0.25, 0.3) is 0 Å². The summed E-state index contributed by atoms with van der Waals surface area (Å²) in [6, 6.07) is 12.6. The maximum Gasteiger partial charge on any atom is 0.229 e. The molecule has 0 aliphatic carbocycles. The molecule has 136 valence electrons. The van der Waals surface area contributed by atoms with Gasteiger partial charge in [-0.2, -0.15) is 0 Å². The number of halogens is 2. The first-order chi connectivity index (χ1) is 12.5. The molecule has 1 N–H and O–H groups in total. The van der Waals surface area contributed by atoms with Gasteiger partial charge in [-0.3, -0.25) is 9.59 Å². The van der Waals surface area contributed by atoms with E-state index in [9.17, 15) is 9.59 Å². The number of rotatable bonds is 5. The predicted molar refractivity (Wildman–Crippen MR) is 106 cm³/mol. The molecule has 0 radical (unpaired) electrons. The summed E-state index contributed by atoms with van der Waals surface area (Å²) in [6.45, 7) is 2.72. The minimum Gasteiger partial charge on any atom is -0.492 e. The number of carbonyl (C=O) groups excluding carboxylic acids is 2. The number of para-hydroxylation sites is 2. The summed E-state index contributed by atoms with van der Waals surface area (Å²) in [5, 5.41) is 3.34. The predicted octanol–water partition coefficient (Wildman–Crippen LogP) is 4.49. The molecule has 1 atom stereocenters. The summed E-state index contributed by atoms with van der Waals surface area (Å²) in [5.41, 5.74) is 1.30. The van der Waals surface area contributed by atoms with Gasteiger partial charge in [0.1, 0.15) is 5.75 Å². The first kappa shape index (κ1) is 18.7. The summed E-state index contributed by atoms with van der Waals surface area (Å²) in [6.07, 6.45) is 0.163. The molecule has 2 aromatic carbocycles. The Balaban J connectivity index is 1.73. The number of anilines is 2. The van der Waals surface area contributed by atoms with Crippen molar-refractivity contribution in [3.8, 4) is 5.75 Å². The Kier molecular flexibility index (Phi) is 5.84. The minimum absolute atomic E-state index is 0.0915. The minimum atomic E-state index is -0.431. The number of carbonyl (C=O) groups is 2. The van der Waals surface area contributed by atoms with Crippen molar-refractivity contribution in [2.24, 2.45) is 5.92 Å². The van der Waals surface area contributed by atoms with E-state index in [1.807, 2.05) is 31.2 Å². The smallest absolute Gasteiger partial charge is 0.229 e. The second kappa shape index (κ2) is 8.10. The number of hydrogen-bond acceptors (Lipinski definition) is 3. The van der Waals surface area contributed by atoms with Crippen molar-refractivity contribution >= 4 is 50.7 Å². The number of nitrogens with zero attached hydrogens (tertiary/aromatic N) is 1. The summed E-state index contributed by atoms with van der Waals surface area (Å²) < 4.78 is 6.36. The third-order valence-corrected chi connectivity index (χ3v) is 5.37. The standard InChI is InChI=1S/C19H18BrClN2O3/c1-2-26-17-6-4-3-5-16(17)23-11-12(9-18(23)24)19(25)22-13-7-8-14(20)15(21)10-13/h3-8,10,12H,2,9,11H2,1H3,(H,22,25)/t12-/m0/s1. The van der Waals surface area contributed by atoms with Crippen molar-refractivity contribution in [1.82, 2.24) is 0 Å². The van der Waals surface area contributed by atoms with E-state index < -0.39 is 5.92 Å². The van der Waals surface area contributed by atoms with Crippen molar-refractivity contribution in [2.45, 2.75) is 13.3 Å². The molecule has 5 nitrogen and oxygen atoms in total. The fourth-order valence-electron chi connectivity index (χ4n) is 2.89. The summed E-state index contributed by atoms with van der Waals surface area (Å²) in [5.74, 6) is -0.0806. The number of hydrogen-bond donors (Lipinski definition) is 1. The number of ether oxygens (including phenoxy) is 1. The molecular weight excluding hydrogens is 420 g/mol. The van der Waals surface area contributed by atoms with E-state index in [0.717, 1.165) is 4.47 Å². The lowest BCUT2D eigenvalue weighted by molar-refractivity contribution is -0.122. The van der Waals surface area contributed by atoms with Crippen LogP contribution < -0.4 is 15.0 Å². The third-order valence-electron chi connectivity index (χ3n) is 4.14. The SMILES string of the molecule is CCOc1ccccc1N1C[C@@H](C(=O)Nc2ccc(Br)c(Cl)c2)CC1=O. The molecule has 1 aliphatic heterocycles. The molecule has 1 aliphatic rings. The van der Waals surface area contributed by atoms with Crippen LogP contribution in [0.15, 0.2) is 46.9 Å². The third kappa shape index (κ3) is 4.02. The average Bonchev–Trinajstić information content (AvgIpc) is 3.01. The van der Waals surface area contributed by atoms with Gasteiger partial charge < -0.3 is 15.0 Å². The molecule has 0 bridgehead atoms. The zero-order valence-corrected chi connectivity index (χ0v) is 16.5. The lowest BCUT2D eigenvalue weighted by Crippen LogP contribution is -2.28. The van der Waals surface area contributed by atoms with Crippen LogP contribution in [0, 0.1) is 5.92 Å². The van der Waals surface area contributed by atoms with Crippen LogP contribution in [0.5, 0.6) is 5.75 Å². The molecule has 2 aromatic rings. The number of benzene rings is 2. The van der Waals surface area contributed by atoms with Crippen LogP contribution >= 0.6 is 27.5 Å². The van der Waals surface area contributed by atoms with Gasteiger partial charge >= 0.3 is 0 Å². The van der Waals surface area contributed by atoms with Crippen molar-refractivity contribution in [2.75, 3.05) is 23.4 Å². The molecule has 1 fully saturated rings. The lowest BCUT2D eigenvalue weighted by atomic mass is 10.1. The Morgan fingerprint density at radius 2 is 2.12 bits per heavy atom. The van der Waals surface area contributed by atoms with Gasteiger partial charge in [0.15, 0.2) is 0 Å². The van der Waals surface area contributed by atoms with Crippen molar-refractivity contribution in [3.05, 3.63) is 52.0 Å². The Morgan fingerprint density at radius 3 is 2.85 bits per heavy atom. The van der Waals surface area contributed by atoms with Gasteiger partial charge in [0, 0.05) is 23.1 Å². The monoisotopic (exact) mass is 436 g/mol. The first-order valence-electron chi connectivity index (χ1n) is 8.27. The number of nitrogens with one attached hydrogen (secondary N) is 1. The van der Waals surface area contributed by atoms with E-state index >= 15 is 0 Å². The maximum atomic E-state index is 12.6. The largest absolute Gasteiger partial charge is 0.492 e. The molecular formula is C19H18BrClN2O3. The van der Waals surface area contributed by atoms with Gasteiger partial charge in [0.2, 0.25) is 11.8 Å². The molecule has 0 spiro atoms. The van der Waals surface area contributed by atoms with Gasteiger partial charge in [-0.25, -0.2) is 0 Å². The highest BCUT2D eigenvalue weighted by atomic mass is 79.9. The van der Waals surface area contributed by atoms with Crippen molar-refractivity contribution in [3.63, 3.8) is 0 Å². The molecule has 0 unspecified atom stereocenters. The zero-order valence-electron chi connectivity index (χ0n) is 14.2. The van der Waals surface area contributed by atoms with Crippen LogP contribution in [-0.4, -0.2) is 25.0 Å². The molecule has 3 rings (SSSR count). The fourth-order valence-corrected chi connectivity index (χ4v) is 3.32. The quantitative estimate of drug-likeness (QED) is 0.749. The van der Waals surface area contributed by atoms with E-state index in [2.05, 4.69) is 21.2 Å². The number of amides is 2. The molecule has 0 aromatic heterocycles. The Labute approximate surface area is 165 Å². The van der Waals surface area contributed by atoms with E-state index in [4.69, 9.17) is 16.3 Å². The van der Waals surface area contributed by atoms with E-state index in [0.29, 0.717) is 35.3 Å². The molecule has 1 heterocycles. The first-order valence-corrected chi connectivity index (χ1v) is 9.44. The van der Waals surface area contributed by atoms with Crippen LogP contribution in [0.4, 0.5) is 11.4 Å². The second-order valence-corrected chi connectivity index (χ2v) is 7.19. The molecule has 2 amide bonds. The Bertz CT molecular complexity index is 843. The van der Waals surface area contributed by atoms with Crippen LogP contribution in [0.2, 0.25) is 5.02 Å². The second-order valence-electron chi connectivity index (χ2n) is 5.92. The van der Waals surface area contributed by atoms with Crippen LogP contribution in [0.3, 0.4) is 0 Å². The lowest BCUT2D eigenvalue weighted by Gasteiger charge is -2.20. The maximum absolute atomic E-state index is 12.6. The topological polar surface area (TPSA) is 58.6 Å².